The Morgan fingerprint density at radius 2 is 1.48 bits per heavy atom. The van der Waals surface area contributed by atoms with Crippen molar-refractivity contribution >= 4 is 11.9 Å². The van der Waals surface area contributed by atoms with E-state index in [9.17, 15) is 9.59 Å². The van der Waals surface area contributed by atoms with Gasteiger partial charge in [-0.2, -0.15) is 0 Å². The standard InChI is InChI=1S/C34H39N3O3/c1-40-34(39)30-20-29(36-19-11-18-28-22-35(24-31(28)36)21-25-12-5-2-6-13-25)23-37(30)33(38)32(26-14-7-3-8-15-26)27-16-9-4-10-17-27/h2-10,12-17,28-32H,11,18-24H2,1H3/t28-,29?,30+,31+/m1/s1. The maximum atomic E-state index is 14.4. The third-order valence-electron chi connectivity index (χ3n) is 9.17. The van der Waals surface area contributed by atoms with Gasteiger partial charge in [-0.3, -0.25) is 14.6 Å². The fourth-order valence-electron chi connectivity index (χ4n) is 7.32. The molecule has 0 aromatic heterocycles. The van der Waals surface area contributed by atoms with Crippen LogP contribution in [0.15, 0.2) is 91.0 Å². The van der Waals surface area contributed by atoms with Crippen molar-refractivity contribution in [1.29, 1.82) is 0 Å². The van der Waals surface area contributed by atoms with E-state index in [1.54, 1.807) is 0 Å². The Bertz CT molecular complexity index is 1250. The molecule has 3 fully saturated rings. The van der Waals surface area contributed by atoms with Gasteiger partial charge in [0.2, 0.25) is 5.91 Å². The second kappa shape index (κ2) is 11.9. The summed E-state index contributed by atoms with van der Waals surface area (Å²) in [5.74, 6) is -0.183. The van der Waals surface area contributed by atoms with E-state index in [1.807, 2.05) is 65.6 Å². The van der Waals surface area contributed by atoms with E-state index >= 15 is 0 Å². The zero-order valence-electron chi connectivity index (χ0n) is 23.3. The number of likely N-dealkylation sites (tertiary alicyclic amines) is 3. The van der Waals surface area contributed by atoms with Crippen LogP contribution in [-0.2, 0) is 20.9 Å². The van der Waals surface area contributed by atoms with E-state index < -0.39 is 12.0 Å². The third-order valence-corrected chi connectivity index (χ3v) is 9.17. The summed E-state index contributed by atoms with van der Waals surface area (Å²) in [6.07, 6.45) is 3.02. The lowest BCUT2D eigenvalue weighted by atomic mass is 9.90. The number of carbonyl (C=O) groups excluding carboxylic acids is 2. The molecule has 3 aromatic rings. The molecule has 6 nitrogen and oxygen atoms in total. The van der Waals surface area contributed by atoms with Gasteiger partial charge in [0.15, 0.2) is 0 Å². The van der Waals surface area contributed by atoms with E-state index in [0.717, 1.165) is 43.7 Å². The SMILES string of the molecule is COC(=O)[C@@H]1CC(N2CCC[C@@H]3CN(Cc4ccccc4)C[C@@H]32)CN1C(=O)C(c1ccccc1)c1ccccc1. The van der Waals surface area contributed by atoms with Gasteiger partial charge in [0, 0.05) is 38.3 Å². The molecule has 6 heteroatoms. The Kier molecular flexibility index (Phi) is 7.98. The molecule has 208 valence electrons. The van der Waals surface area contributed by atoms with Crippen molar-refractivity contribution in [3.8, 4) is 0 Å². The lowest BCUT2D eigenvalue weighted by molar-refractivity contribution is -0.151. The van der Waals surface area contributed by atoms with Crippen molar-refractivity contribution in [3.05, 3.63) is 108 Å². The van der Waals surface area contributed by atoms with Crippen LogP contribution in [-0.4, -0.2) is 78.0 Å². The maximum Gasteiger partial charge on any atom is 0.328 e. The topological polar surface area (TPSA) is 53.1 Å². The predicted molar refractivity (Wildman–Crippen MR) is 156 cm³/mol. The number of benzene rings is 3. The van der Waals surface area contributed by atoms with Crippen LogP contribution in [0.1, 0.15) is 41.9 Å². The van der Waals surface area contributed by atoms with E-state index in [0.29, 0.717) is 24.9 Å². The Morgan fingerprint density at radius 1 is 0.850 bits per heavy atom. The molecule has 0 saturated carbocycles. The molecule has 3 aliphatic rings. The molecule has 1 amide bonds. The second-order valence-corrected chi connectivity index (χ2v) is 11.6. The normalized spacial score (nSPS) is 25.2. The Morgan fingerprint density at radius 3 is 2.10 bits per heavy atom. The molecule has 0 N–H and O–H groups in total. The second-order valence-electron chi connectivity index (χ2n) is 11.6. The predicted octanol–water partition coefficient (Wildman–Crippen LogP) is 4.56. The number of piperidine rings is 1. The molecule has 3 saturated heterocycles. The quantitative estimate of drug-likeness (QED) is 0.414. The molecule has 3 aromatic carbocycles. The number of methoxy groups -OCH3 is 1. The van der Waals surface area contributed by atoms with Crippen LogP contribution in [0.3, 0.4) is 0 Å². The minimum Gasteiger partial charge on any atom is -0.467 e. The monoisotopic (exact) mass is 537 g/mol. The largest absolute Gasteiger partial charge is 0.467 e. The molecule has 1 unspecified atom stereocenters. The Balaban J connectivity index is 1.24. The molecular weight excluding hydrogens is 498 g/mol. The number of carbonyl (C=O) groups is 2. The molecular formula is C34H39N3O3. The van der Waals surface area contributed by atoms with E-state index in [4.69, 9.17) is 4.74 Å². The highest BCUT2D eigenvalue weighted by atomic mass is 16.5. The smallest absolute Gasteiger partial charge is 0.328 e. The van der Waals surface area contributed by atoms with Crippen molar-refractivity contribution < 1.29 is 14.3 Å². The lowest BCUT2D eigenvalue weighted by Gasteiger charge is -2.41. The zero-order valence-corrected chi connectivity index (χ0v) is 23.3. The first-order valence-corrected chi connectivity index (χ1v) is 14.6. The van der Waals surface area contributed by atoms with Gasteiger partial charge in [0.25, 0.3) is 0 Å². The van der Waals surface area contributed by atoms with E-state index in [-0.39, 0.29) is 17.9 Å². The summed E-state index contributed by atoms with van der Waals surface area (Å²) >= 11 is 0. The number of esters is 1. The number of fused-ring (bicyclic) bond motifs is 1. The van der Waals surface area contributed by atoms with Gasteiger partial charge < -0.3 is 9.64 Å². The number of rotatable bonds is 7. The first-order valence-electron chi connectivity index (χ1n) is 14.6. The van der Waals surface area contributed by atoms with Crippen molar-refractivity contribution in [2.75, 3.05) is 33.3 Å². The highest BCUT2D eigenvalue weighted by molar-refractivity contribution is 5.91. The molecule has 3 aliphatic heterocycles. The number of hydrogen-bond acceptors (Lipinski definition) is 5. The first kappa shape index (κ1) is 26.7. The fourth-order valence-corrected chi connectivity index (χ4v) is 7.32. The number of hydrogen-bond donors (Lipinski definition) is 0. The molecule has 40 heavy (non-hydrogen) atoms. The average molecular weight is 538 g/mol. The fraction of sp³-hybridized carbons (Fsp3) is 0.412. The van der Waals surface area contributed by atoms with Gasteiger partial charge >= 0.3 is 5.97 Å². The summed E-state index contributed by atoms with van der Waals surface area (Å²) < 4.78 is 5.25. The van der Waals surface area contributed by atoms with Gasteiger partial charge in [0.1, 0.15) is 6.04 Å². The molecule has 0 bridgehead atoms. The molecule has 4 atom stereocenters. The number of nitrogens with zero attached hydrogens (tertiary/aromatic N) is 3. The maximum absolute atomic E-state index is 14.4. The molecule has 0 spiro atoms. The van der Waals surface area contributed by atoms with Crippen LogP contribution >= 0.6 is 0 Å². The average Bonchev–Trinajstić information content (AvgIpc) is 3.63. The molecule has 3 heterocycles. The van der Waals surface area contributed by atoms with Gasteiger partial charge in [-0.05, 0) is 48.4 Å². The van der Waals surface area contributed by atoms with Crippen LogP contribution in [0.5, 0.6) is 0 Å². The number of ether oxygens (including phenoxy) is 1. The zero-order chi connectivity index (χ0) is 27.5. The van der Waals surface area contributed by atoms with Crippen LogP contribution in [0, 0.1) is 5.92 Å². The van der Waals surface area contributed by atoms with Gasteiger partial charge in [0.05, 0.1) is 13.0 Å². The van der Waals surface area contributed by atoms with Crippen molar-refractivity contribution in [1.82, 2.24) is 14.7 Å². The van der Waals surface area contributed by atoms with Crippen LogP contribution in [0.2, 0.25) is 0 Å². The summed E-state index contributed by atoms with van der Waals surface area (Å²) in [5, 5.41) is 0. The molecule has 0 radical (unpaired) electrons. The highest BCUT2D eigenvalue weighted by Gasteiger charge is 2.48. The van der Waals surface area contributed by atoms with Crippen molar-refractivity contribution in [3.63, 3.8) is 0 Å². The summed E-state index contributed by atoms with van der Waals surface area (Å²) in [4.78, 5) is 34.5. The Labute approximate surface area is 237 Å². The van der Waals surface area contributed by atoms with E-state index in [2.05, 4.69) is 40.1 Å². The molecule has 0 aliphatic carbocycles. The van der Waals surface area contributed by atoms with Crippen LogP contribution < -0.4 is 0 Å². The van der Waals surface area contributed by atoms with Gasteiger partial charge in [-0.1, -0.05) is 91.0 Å². The minimum atomic E-state index is -0.570. The van der Waals surface area contributed by atoms with Crippen LogP contribution in [0.4, 0.5) is 0 Å². The van der Waals surface area contributed by atoms with Crippen LogP contribution in [0.25, 0.3) is 0 Å². The first-order chi connectivity index (χ1) is 19.6. The highest BCUT2D eigenvalue weighted by Crippen LogP contribution is 2.37. The summed E-state index contributed by atoms with van der Waals surface area (Å²) in [7, 11) is 1.43. The molecule has 6 rings (SSSR count). The van der Waals surface area contributed by atoms with Crippen molar-refractivity contribution in [2.45, 2.75) is 49.9 Å². The van der Waals surface area contributed by atoms with Crippen molar-refractivity contribution in [2.24, 2.45) is 5.92 Å². The third kappa shape index (κ3) is 5.43. The summed E-state index contributed by atoms with van der Waals surface area (Å²) in [6, 6.07) is 30.6. The minimum absolute atomic E-state index is 0.0269. The van der Waals surface area contributed by atoms with Gasteiger partial charge in [-0.25, -0.2) is 4.79 Å². The van der Waals surface area contributed by atoms with Gasteiger partial charge in [-0.15, -0.1) is 0 Å². The summed E-state index contributed by atoms with van der Waals surface area (Å²) in [5.41, 5.74) is 3.23. The number of amides is 1. The lowest BCUT2D eigenvalue weighted by Crippen LogP contribution is -2.51. The van der Waals surface area contributed by atoms with E-state index in [1.165, 1.54) is 19.1 Å². The summed E-state index contributed by atoms with van der Waals surface area (Å²) in [6.45, 7) is 4.68. The Hall–Kier alpha value is -3.48.